The highest BCUT2D eigenvalue weighted by Gasteiger charge is 2.60. The van der Waals surface area contributed by atoms with Crippen molar-refractivity contribution in [1.82, 2.24) is 0 Å². The summed E-state index contributed by atoms with van der Waals surface area (Å²) in [5.74, 6) is 2.28. The summed E-state index contributed by atoms with van der Waals surface area (Å²) in [6.45, 7) is 6.39. The summed E-state index contributed by atoms with van der Waals surface area (Å²) in [5.41, 5.74) is 0.702. The van der Waals surface area contributed by atoms with Crippen molar-refractivity contribution in [2.75, 3.05) is 0 Å². The van der Waals surface area contributed by atoms with Gasteiger partial charge in [-0.1, -0.05) is 20.3 Å². The second kappa shape index (κ2) is 5.57. The maximum absolute atomic E-state index is 13.1. The molecule has 4 aliphatic carbocycles. The van der Waals surface area contributed by atoms with Crippen LogP contribution in [0.2, 0.25) is 0 Å². The number of fused-ring (bicyclic) bond motifs is 5. The van der Waals surface area contributed by atoms with Gasteiger partial charge in [0.15, 0.2) is 0 Å². The lowest BCUT2D eigenvalue weighted by Crippen LogP contribution is -2.56. The molecule has 0 N–H and O–H groups in total. The molecular weight excluding hydrogens is 300 g/mol. The van der Waals surface area contributed by atoms with E-state index in [2.05, 4.69) is 13.8 Å². The van der Waals surface area contributed by atoms with Crippen LogP contribution in [0.3, 0.4) is 0 Å². The Morgan fingerprint density at radius 3 is 2.62 bits per heavy atom. The van der Waals surface area contributed by atoms with Gasteiger partial charge in [0.1, 0.15) is 11.9 Å². The van der Waals surface area contributed by atoms with Crippen LogP contribution in [0.15, 0.2) is 0 Å². The Balaban J connectivity index is 1.59. The molecule has 0 aromatic heterocycles. The van der Waals surface area contributed by atoms with Crippen molar-refractivity contribution < 1.29 is 14.3 Å². The van der Waals surface area contributed by atoms with Gasteiger partial charge < -0.3 is 4.74 Å². The molecule has 134 valence electrons. The quantitative estimate of drug-likeness (QED) is 0.663. The fraction of sp³-hybridized carbons (Fsp3) is 0.905. The van der Waals surface area contributed by atoms with Crippen LogP contribution in [0, 0.1) is 34.5 Å². The summed E-state index contributed by atoms with van der Waals surface area (Å²) >= 11 is 0. The summed E-state index contributed by atoms with van der Waals surface area (Å²) in [7, 11) is 0. The van der Waals surface area contributed by atoms with E-state index < -0.39 is 0 Å². The van der Waals surface area contributed by atoms with Gasteiger partial charge in [0.25, 0.3) is 0 Å². The molecule has 4 saturated carbocycles. The van der Waals surface area contributed by atoms with Crippen LogP contribution in [-0.4, -0.2) is 17.9 Å². The van der Waals surface area contributed by atoms with Gasteiger partial charge in [-0.3, -0.25) is 9.59 Å². The molecule has 4 fully saturated rings. The van der Waals surface area contributed by atoms with E-state index in [1.54, 1.807) is 0 Å². The molecular formula is C21H32O3. The van der Waals surface area contributed by atoms with Gasteiger partial charge in [-0.2, -0.15) is 0 Å². The average Bonchev–Trinajstić information content (AvgIpc) is 2.90. The number of ether oxygens (including phenoxy) is 1. The van der Waals surface area contributed by atoms with Gasteiger partial charge >= 0.3 is 5.97 Å². The van der Waals surface area contributed by atoms with Crippen LogP contribution in [0.5, 0.6) is 0 Å². The van der Waals surface area contributed by atoms with Crippen molar-refractivity contribution in [2.45, 2.75) is 84.7 Å². The van der Waals surface area contributed by atoms with Gasteiger partial charge in [0.2, 0.25) is 0 Å². The van der Waals surface area contributed by atoms with Crippen molar-refractivity contribution in [3.63, 3.8) is 0 Å². The lowest BCUT2D eigenvalue weighted by atomic mass is 9.45. The van der Waals surface area contributed by atoms with E-state index >= 15 is 0 Å². The molecule has 0 heterocycles. The zero-order valence-electron chi connectivity index (χ0n) is 15.5. The molecule has 0 spiro atoms. The van der Waals surface area contributed by atoms with Crippen molar-refractivity contribution in [3.8, 4) is 0 Å². The Labute approximate surface area is 145 Å². The van der Waals surface area contributed by atoms with E-state index in [1.807, 2.05) is 0 Å². The van der Waals surface area contributed by atoms with Gasteiger partial charge in [-0.15, -0.1) is 0 Å². The van der Waals surface area contributed by atoms with Crippen molar-refractivity contribution in [3.05, 3.63) is 0 Å². The third kappa shape index (κ3) is 2.37. The number of esters is 1. The molecule has 4 rings (SSSR count). The van der Waals surface area contributed by atoms with Gasteiger partial charge in [0, 0.05) is 19.3 Å². The van der Waals surface area contributed by atoms with E-state index in [4.69, 9.17) is 4.74 Å². The summed E-state index contributed by atoms with van der Waals surface area (Å²) in [4.78, 5) is 24.4. The maximum atomic E-state index is 13.1. The Morgan fingerprint density at radius 1 is 1.08 bits per heavy atom. The highest BCUT2D eigenvalue weighted by Crippen LogP contribution is 2.65. The molecule has 4 aliphatic rings. The summed E-state index contributed by atoms with van der Waals surface area (Å²) < 4.78 is 5.49. The van der Waals surface area contributed by atoms with Gasteiger partial charge in [-0.25, -0.2) is 0 Å². The fourth-order valence-electron chi connectivity index (χ4n) is 7.22. The SMILES string of the molecule is CC(=O)OC1CCC2(C)C3CCC4(C)CCCC4C3C(=O)C[C@H]2C1. The standard InChI is InChI=1S/C21H32O3/c1-13(22)24-15-6-10-21(3)14(11-15)12-18(23)19-16-5-4-8-20(16,2)9-7-17(19)21/h14-17,19H,4-12H2,1-3H3/t14-,15?,16?,17?,19?,20?,21?/m1/s1. The summed E-state index contributed by atoms with van der Waals surface area (Å²) in [6.07, 6.45) is 10.2. The molecule has 0 bridgehead atoms. The van der Waals surface area contributed by atoms with E-state index in [0.717, 1.165) is 25.7 Å². The number of rotatable bonds is 1. The Bertz CT molecular complexity index is 555. The lowest BCUT2D eigenvalue weighted by Gasteiger charge is -2.59. The molecule has 3 nitrogen and oxygen atoms in total. The molecule has 0 saturated heterocycles. The number of hydrogen-bond acceptors (Lipinski definition) is 3. The Kier molecular flexibility index (Phi) is 3.85. The average molecular weight is 332 g/mol. The molecule has 0 aromatic carbocycles. The highest BCUT2D eigenvalue weighted by molar-refractivity contribution is 5.83. The van der Waals surface area contributed by atoms with Crippen molar-refractivity contribution in [2.24, 2.45) is 34.5 Å². The third-order valence-corrected chi connectivity index (χ3v) is 8.54. The Hall–Kier alpha value is -0.860. The third-order valence-electron chi connectivity index (χ3n) is 8.54. The van der Waals surface area contributed by atoms with Crippen LogP contribution >= 0.6 is 0 Å². The molecule has 0 amide bonds. The number of carbonyl (C=O) groups excluding carboxylic acids is 2. The molecule has 24 heavy (non-hydrogen) atoms. The zero-order valence-corrected chi connectivity index (χ0v) is 15.5. The molecule has 0 aliphatic heterocycles. The predicted molar refractivity (Wildman–Crippen MR) is 92.3 cm³/mol. The first kappa shape index (κ1) is 16.6. The topological polar surface area (TPSA) is 43.4 Å². The van der Waals surface area contributed by atoms with Crippen LogP contribution in [0.1, 0.15) is 78.6 Å². The zero-order chi connectivity index (χ0) is 17.1. The van der Waals surface area contributed by atoms with Gasteiger partial charge in [0.05, 0.1) is 0 Å². The van der Waals surface area contributed by atoms with Gasteiger partial charge in [-0.05, 0) is 73.5 Å². The highest BCUT2D eigenvalue weighted by atomic mass is 16.5. The Morgan fingerprint density at radius 2 is 1.88 bits per heavy atom. The number of hydrogen-bond donors (Lipinski definition) is 0. The molecule has 3 heteroatoms. The smallest absolute Gasteiger partial charge is 0.302 e. The molecule has 0 radical (unpaired) electrons. The summed E-state index contributed by atoms with van der Waals surface area (Å²) in [6, 6.07) is 0. The van der Waals surface area contributed by atoms with Crippen molar-refractivity contribution in [1.29, 1.82) is 0 Å². The minimum atomic E-state index is -0.178. The molecule has 6 unspecified atom stereocenters. The van der Waals surface area contributed by atoms with Crippen LogP contribution in [0.4, 0.5) is 0 Å². The normalized spacial score (nSPS) is 50.6. The second-order valence-corrected chi connectivity index (χ2v) is 9.70. The maximum Gasteiger partial charge on any atom is 0.302 e. The first-order chi connectivity index (χ1) is 11.3. The molecule has 0 aromatic rings. The van der Waals surface area contributed by atoms with E-state index in [0.29, 0.717) is 34.9 Å². The minimum Gasteiger partial charge on any atom is -0.463 e. The number of Topliss-reactive ketones (excluding diaryl/α,β-unsaturated/α-hetero) is 1. The van der Waals surface area contributed by atoms with E-state index in [-0.39, 0.29) is 17.5 Å². The van der Waals surface area contributed by atoms with Crippen LogP contribution < -0.4 is 0 Å². The predicted octanol–water partition coefficient (Wildman–Crippen LogP) is 4.53. The fourth-order valence-corrected chi connectivity index (χ4v) is 7.22. The summed E-state index contributed by atoms with van der Waals surface area (Å²) in [5, 5.41) is 0. The molecule has 7 atom stereocenters. The van der Waals surface area contributed by atoms with Crippen molar-refractivity contribution >= 4 is 11.8 Å². The first-order valence-corrected chi connectivity index (χ1v) is 10.0. The first-order valence-electron chi connectivity index (χ1n) is 10.0. The minimum absolute atomic E-state index is 0.0326. The lowest BCUT2D eigenvalue weighted by molar-refractivity contribution is -0.166. The second-order valence-electron chi connectivity index (χ2n) is 9.70. The van der Waals surface area contributed by atoms with E-state index in [1.165, 1.54) is 39.0 Å². The van der Waals surface area contributed by atoms with Crippen LogP contribution in [-0.2, 0) is 14.3 Å². The van der Waals surface area contributed by atoms with E-state index in [9.17, 15) is 9.59 Å². The largest absolute Gasteiger partial charge is 0.463 e. The monoisotopic (exact) mass is 332 g/mol. The number of ketones is 1. The van der Waals surface area contributed by atoms with Crippen LogP contribution in [0.25, 0.3) is 0 Å². The number of carbonyl (C=O) groups is 2.